The van der Waals surface area contributed by atoms with Crippen LogP contribution in [0.1, 0.15) is 25.0 Å². The number of ether oxygens (including phenoxy) is 1. The average Bonchev–Trinajstić information content (AvgIpc) is 2.71. The van der Waals surface area contributed by atoms with Gasteiger partial charge in [-0.3, -0.25) is 4.79 Å². The molecule has 2 N–H and O–H groups in total. The van der Waals surface area contributed by atoms with Crippen LogP contribution >= 0.6 is 0 Å². The lowest BCUT2D eigenvalue weighted by molar-refractivity contribution is -0.126. The Morgan fingerprint density at radius 3 is 2.04 bits per heavy atom. The topological polar surface area (TPSA) is 84.5 Å². The van der Waals surface area contributed by atoms with E-state index in [1.54, 1.807) is 0 Å². The standard InChI is InChI=1S/C22H26N2O4/c1-16(2)20(14-25)23-21(26)19(13-17-9-5-3-6-10-17)24-22(27)28-15-18-11-7-4-8-12-18/h3-12,14,16,19-20H,13,15H2,1-2H3,(H,23,26)(H,24,27)/t19-,20-/m0/s1. The summed E-state index contributed by atoms with van der Waals surface area (Å²) >= 11 is 0. The summed E-state index contributed by atoms with van der Waals surface area (Å²) in [5, 5.41) is 5.30. The maximum atomic E-state index is 12.7. The van der Waals surface area contributed by atoms with Crippen LogP contribution in [0.3, 0.4) is 0 Å². The largest absolute Gasteiger partial charge is 0.445 e. The Bertz CT molecular complexity index is 763. The number of carbonyl (C=O) groups is 3. The van der Waals surface area contributed by atoms with E-state index in [-0.39, 0.29) is 18.9 Å². The number of benzene rings is 2. The molecular formula is C22H26N2O4. The van der Waals surface area contributed by atoms with Gasteiger partial charge in [-0.1, -0.05) is 74.5 Å². The van der Waals surface area contributed by atoms with E-state index in [1.807, 2.05) is 74.5 Å². The SMILES string of the molecule is CC(C)[C@H](C=O)NC(=O)[C@H](Cc1ccccc1)NC(=O)OCc1ccccc1. The molecule has 28 heavy (non-hydrogen) atoms. The maximum absolute atomic E-state index is 12.7. The van der Waals surface area contributed by atoms with Gasteiger partial charge in [-0.2, -0.15) is 0 Å². The van der Waals surface area contributed by atoms with E-state index in [0.29, 0.717) is 6.29 Å². The molecule has 0 radical (unpaired) electrons. The van der Waals surface area contributed by atoms with Crippen LogP contribution in [0, 0.1) is 5.92 Å². The fourth-order valence-corrected chi connectivity index (χ4v) is 2.59. The van der Waals surface area contributed by atoms with E-state index in [9.17, 15) is 14.4 Å². The lowest BCUT2D eigenvalue weighted by Crippen LogP contribution is -2.52. The van der Waals surface area contributed by atoms with Crippen molar-refractivity contribution in [2.24, 2.45) is 5.92 Å². The zero-order chi connectivity index (χ0) is 20.4. The van der Waals surface area contributed by atoms with Crippen LogP contribution < -0.4 is 10.6 Å². The second-order valence-electron chi connectivity index (χ2n) is 6.86. The number of hydrogen-bond acceptors (Lipinski definition) is 4. The maximum Gasteiger partial charge on any atom is 0.408 e. The van der Waals surface area contributed by atoms with Gasteiger partial charge in [-0.05, 0) is 17.0 Å². The Kier molecular flexibility index (Phi) is 8.21. The zero-order valence-electron chi connectivity index (χ0n) is 16.1. The summed E-state index contributed by atoms with van der Waals surface area (Å²) in [6.45, 7) is 3.79. The molecule has 0 saturated carbocycles. The third-order valence-electron chi connectivity index (χ3n) is 4.28. The number of amides is 2. The Labute approximate surface area is 165 Å². The molecule has 2 rings (SSSR count). The van der Waals surface area contributed by atoms with Gasteiger partial charge in [-0.15, -0.1) is 0 Å². The Morgan fingerprint density at radius 2 is 1.50 bits per heavy atom. The van der Waals surface area contributed by atoms with E-state index < -0.39 is 24.1 Å². The first kappa shape index (κ1) is 21.2. The van der Waals surface area contributed by atoms with Crippen molar-refractivity contribution in [1.82, 2.24) is 10.6 Å². The monoisotopic (exact) mass is 382 g/mol. The van der Waals surface area contributed by atoms with Gasteiger partial charge < -0.3 is 20.2 Å². The number of carbonyl (C=O) groups excluding carboxylic acids is 3. The van der Waals surface area contributed by atoms with E-state index in [4.69, 9.17) is 4.74 Å². The minimum Gasteiger partial charge on any atom is -0.445 e. The van der Waals surface area contributed by atoms with Gasteiger partial charge in [0.1, 0.15) is 18.9 Å². The number of hydrogen-bond donors (Lipinski definition) is 2. The molecule has 0 fully saturated rings. The van der Waals surface area contributed by atoms with Crippen LogP contribution in [-0.4, -0.2) is 30.4 Å². The van der Waals surface area contributed by atoms with Gasteiger partial charge in [0.25, 0.3) is 0 Å². The van der Waals surface area contributed by atoms with Gasteiger partial charge in [0, 0.05) is 6.42 Å². The number of alkyl carbamates (subject to hydrolysis) is 1. The molecule has 0 heterocycles. The molecule has 0 aliphatic rings. The normalized spacial score (nSPS) is 12.7. The van der Waals surface area contributed by atoms with Crippen molar-refractivity contribution in [3.05, 3.63) is 71.8 Å². The van der Waals surface area contributed by atoms with Crippen molar-refractivity contribution in [2.75, 3.05) is 0 Å². The highest BCUT2D eigenvalue weighted by Crippen LogP contribution is 2.07. The molecule has 0 aliphatic carbocycles. The van der Waals surface area contributed by atoms with E-state index in [2.05, 4.69) is 10.6 Å². The lowest BCUT2D eigenvalue weighted by atomic mass is 10.0. The van der Waals surface area contributed by atoms with Gasteiger partial charge in [0.2, 0.25) is 5.91 Å². The minimum absolute atomic E-state index is 0.0520. The minimum atomic E-state index is -0.855. The summed E-state index contributed by atoms with van der Waals surface area (Å²) < 4.78 is 5.23. The Hall–Kier alpha value is -3.15. The van der Waals surface area contributed by atoms with Crippen LogP contribution in [0.2, 0.25) is 0 Å². The third-order valence-corrected chi connectivity index (χ3v) is 4.28. The highest BCUT2D eigenvalue weighted by Gasteiger charge is 2.25. The smallest absolute Gasteiger partial charge is 0.408 e. The number of nitrogens with one attached hydrogen (secondary N) is 2. The highest BCUT2D eigenvalue weighted by molar-refractivity contribution is 5.87. The predicted molar refractivity (Wildman–Crippen MR) is 107 cm³/mol. The van der Waals surface area contributed by atoms with Crippen LogP contribution in [0.15, 0.2) is 60.7 Å². The molecule has 2 aromatic carbocycles. The molecule has 0 unspecified atom stereocenters. The quantitative estimate of drug-likeness (QED) is 0.653. The first-order valence-electron chi connectivity index (χ1n) is 9.26. The molecule has 148 valence electrons. The van der Waals surface area contributed by atoms with Crippen molar-refractivity contribution in [3.8, 4) is 0 Å². The molecule has 0 saturated heterocycles. The predicted octanol–water partition coefficient (Wildman–Crippen LogP) is 2.86. The lowest BCUT2D eigenvalue weighted by Gasteiger charge is -2.22. The van der Waals surface area contributed by atoms with Crippen LogP contribution in [0.4, 0.5) is 4.79 Å². The second-order valence-corrected chi connectivity index (χ2v) is 6.86. The molecule has 2 amide bonds. The summed E-state index contributed by atoms with van der Waals surface area (Å²) in [4.78, 5) is 36.1. The van der Waals surface area contributed by atoms with Crippen LogP contribution in [0.5, 0.6) is 0 Å². The molecule has 2 atom stereocenters. The van der Waals surface area contributed by atoms with Crippen molar-refractivity contribution >= 4 is 18.3 Å². The molecular weight excluding hydrogens is 356 g/mol. The molecule has 6 heteroatoms. The van der Waals surface area contributed by atoms with Crippen LogP contribution in [-0.2, 0) is 27.4 Å². The third kappa shape index (κ3) is 6.87. The Morgan fingerprint density at radius 1 is 0.929 bits per heavy atom. The summed E-state index contributed by atoms with van der Waals surface area (Å²) in [5.74, 6) is -0.477. The van der Waals surface area contributed by atoms with Crippen molar-refractivity contribution in [2.45, 2.75) is 39.0 Å². The van der Waals surface area contributed by atoms with Crippen LogP contribution in [0.25, 0.3) is 0 Å². The van der Waals surface area contributed by atoms with Gasteiger partial charge in [0.15, 0.2) is 0 Å². The number of aldehydes is 1. The molecule has 0 bridgehead atoms. The summed E-state index contributed by atoms with van der Waals surface area (Å²) in [6.07, 6.45) is 0.305. The average molecular weight is 382 g/mol. The van der Waals surface area contributed by atoms with Gasteiger partial charge in [0.05, 0.1) is 6.04 Å². The van der Waals surface area contributed by atoms with Crippen molar-refractivity contribution < 1.29 is 19.1 Å². The first-order valence-corrected chi connectivity index (χ1v) is 9.26. The second kappa shape index (κ2) is 10.9. The van der Waals surface area contributed by atoms with E-state index in [1.165, 1.54) is 0 Å². The molecule has 0 aliphatic heterocycles. The highest BCUT2D eigenvalue weighted by atomic mass is 16.5. The molecule has 2 aromatic rings. The molecule has 0 aromatic heterocycles. The molecule has 0 spiro atoms. The van der Waals surface area contributed by atoms with Crippen molar-refractivity contribution in [1.29, 1.82) is 0 Å². The Balaban J connectivity index is 2.03. The van der Waals surface area contributed by atoms with E-state index in [0.717, 1.165) is 11.1 Å². The summed E-state index contributed by atoms with van der Waals surface area (Å²) in [6, 6.07) is 17.1. The van der Waals surface area contributed by atoms with Gasteiger partial charge >= 0.3 is 6.09 Å². The fraction of sp³-hybridized carbons (Fsp3) is 0.318. The molecule has 6 nitrogen and oxygen atoms in total. The van der Waals surface area contributed by atoms with Crippen molar-refractivity contribution in [3.63, 3.8) is 0 Å². The van der Waals surface area contributed by atoms with E-state index >= 15 is 0 Å². The fourth-order valence-electron chi connectivity index (χ4n) is 2.59. The van der Waals surface area contributed by atoms with Gasteiger partial charge in [-0.25, -0.2) is 4.79 Å². The zero-order valence-corrected chi connectivity index (χ0v) is 16.1. The summed E-state index contributed by atoms with van der Waals surface area (Å²) in [7, 11) is 0. The first-order chi connectivity index (χ1) is 13.5. The summed E-state index contributed by atoms with van der Waals surface area (Å²) in [5.41, 5.74) is 1.74. The number of rotatable bonds is 9.